The lowest BCUT2D eigenvalue weighted by Crippen LogP contribution is -2.36. The highest BCUT2D eigenvalue weighted by Gasteiger charge is 2.38. The Kier molecular flexibility index (Phi) is 3.79. The lowest BCUT2D eigenvalue weighted by Gasteiger charge is -2.34. The Hall–Kier alpha value is -0.540. The predicted molar refractivity (Wildman–Crippen MR) is 73.0 cm³/mol. The van der Waals surface area contributed by atoms with Gasteiger partial charge in [0.1, 0.15) is 5.82 Å². The Balaban J connectivity index is 2.34. The van der Waals surface area contributed by atoms with E-state index in [0.29, 0.717) is 6.04 Å². The highest BCUT2D eigenvalue weighted by Crippen LogP contribution is 2.46. The average Bonchev–Trinajstić information content (AvgIpc) is 2.70. The third-order valence-electron chi connectivity index (χ3n) is 3.69. The summed E-state index contributed by atoms with van der Waals surface area (Å²) in [6.07, 6.45) is 2.50. The Labute approximate surface area is 107 Å². The van der Waals surface area contributed by atoms with E-state index in [-0.39, 0.29) is 10.6 Å². The molecule has 0 aliphatic carbocycles. The van der Waals surface area contributed by atoms with Gasteiger partial charge in [-0.15, -0.1) is 0 Å². The van der Waals surface area contributed by atoms with E-state index in [1.807, 2.05) is 31.8 Å². The highest BCUT2D eigenvalue weighted by molar-refractivity contribution is 8.00. The molecule has 1 aliphatic heterocycles. The summed E-state index contributed by atoms with van der Waals surface area (Å²) < 4.78 is 13.4. The molecule has 1 fully saturated rings. The monoisotopic (exact) mass is 253 g/mol. The number of aryl methyl sites for hydroxylation is 1. The van der Waals surface area contributed by atoms with Crippen LogP contribution in [-0.2, 0) is 0 Å². The standard InChI is InChI=1S/C14H20FNS/c1-10-9-11(15)5-6-12(10)13(16-3)14(2)7-4-8-17-14/h5-6,9,13,16H,4,7-8H2,1-3H3. The summed E-state index contributed by atoms with van der Waals surface area (Å²) in [4.78, 5) is 0. The van der Waals surface area contributed by atoms with Crippen LogP contribution in [0.15, 0.2) is 18.2 Å². The average molecular weight is 253 g/mol. The molecule has 1 aromatic carbocycles. The van der Waals surface area contributed by atoms with Crippen molar-refractivity contribution in [3.05, 3.63) is 35.1 Å². The van der Waals surface area contributed by atoms with E-state index in [4.69, 9.17) is 0 Å². The van der Waals surface area contributed by atoms with Crippen LogP contribution in [0.2, 0.25) is 0 Å². The second-order valence-electron chi connectivity index (χ2n) is 4.99. The first kappa shape index (κ1) is 12.9. The van der Waals surface area contributed by atoms with Gasteiger partial charge in [-0.1, -0.05) is 6.07 Å². The topological polar surface area (TPSA) is 12.0 Å². The molecule has 0 amide bonds. The number of thioether (sulfide) groups is 1. The van der Waals surface area contributed by atoms with Gasteiger partial charge < -0.3 is 5.32 Å². The van der Waals surface area contributed by atoms with E-state index in [1.165, 1.54) is 24.2 Å². The molecule has 1 nitrogen and oxygen atoms in total. The van der Waals surface area contributed by atoms with Crippen molar-refractivity contribution in [2.75, 3.05) is 12.8 Å². The minimum absolute atomic E-state index is 0.148. The number of halogens is 1. The van der Waals surface area contributed by atoms with Gasteiger partial charge in [0.15, 0.2) is 0 Å². The van der Waals surface area contributed by atoms with Gasteiger partial charge in [0.2, 0.25) is 0 Å². The van der Waals surface area contributed by atoms with Crippen LogP contribution in [0.4, 0.5) is 4.39 Å². The van der Waals surface area contributed by atoms with Crippen molar-refractivity contribution in [3.63, 3.8) is 0 Å². The number of hydrogen-bond donors (Lipinski definition) is 1. The second kappa shape index (κ2) is 4.99. The van der Waals surface area contributed by atoms with Crippen LogP contribution >= 0.6 is 11.8 Å². The molecular weight excluding hydrogens is 233 g/mol. The molecule has 3 heteroatoms. The Morgan fingerprint density at radius 3 is 2.76 bits per heavy atom. The van der Waals surface area contributed by atoms with Gasteiger partial charge in [-0.25, -0.2) is 4.39 Å². The van der Waals surface area contributed by atoms with Gasteiger partial charge in [0, 0.05) is 10.8 Å². The SMILES string of the molecule is CNC(c1ccc(F)cc1C)C1(C)CCCS1. The summed E-state index contributed by atoms with van der Waals surface area (Å²) in [5.41, 5.74) is 2.27. The Morgan fingerprint density at radius 2 is 2.24 bits per heavy atom. The molecular formula is C14H20FNS. The molecule has 0 bridgehead atoms. The van der Waals surface area contributed by atoms with Gasteiger partial charge in [0.05, 0.1) is 0 Å². The third kappa shape index (κ3) is 2.50. The number of hydrogen-bond acceptors (Lipinski definition) is 2. The van der Waals surface area contributed by atoms with Crippen LogP contribution in [0.1, 0.15) is 36.9 Å². The normalized spacial score (nSPS) is 26.1. The largest absolute Gasteiger partial charge is 0.312 e. The minimum Gasteiger partial charge on any atom is -0.312 e. The van der Waals surface area contributed by atoms with Gasteiger partial charge >= 0.3 is 0 Å². The summed E-state index contributed by atoms with van der Waals surface area (Å²) in [7, 11) is 2.00. The molecule has 0 aromatic heterocycles. The van der Waals surface area contributed by atoms with Crippen LogP contribution in [-0.4, -0.2) is 17.5 Å². The quantitative estimate of drug-likeness (QED) is 0.882. The number of nitrogens with one attached hydrogen (secondary N) is 1. The van der Waals surface area contributed by atoms with E-state index < -0.39 is 0 Å². The smallest absolute Gasteiger partial charge is 0.123 e. The molecule has 0 spiro atoms. The molecule has 17 heavy (non-hydrogen) atoms. The molecule has 2 unspecified atom stereocenters. The lowest BCUT2D eigenvalue weighted by molar-refractivity contribution is 0.438. The van der Waals surface area contributed by atoms with Crippen LogP contribution in [0.3, 0.4) is 0 Å². The van der Waals surface area contributed by atoms with Crippen LogP contribution < -0.4 is 5.32 Å². The Morgan fingerprint density at radius 1 is 1.47 bits per heavy atom. The molecule has 1 aliphatic rings. The van der Waals surface area contributed by atoms with E-state index in [0.717, 1.165) is 5.56 Å². The number of benzene rings is 1. The summed E-state index contributed by atoms with van der Waals surface area (Å²) in [5, 5.41) is 3.42. The van der Waals surface area contributed by atoms with Crippen molar-refractivity contribution < 1.29 is 4.39 Å². The third-order valence-corrected chi connectivity index (χ3v) is 5.28. The van der Waals surface area contributed by atoms with Gasteiger partial charge in [-0.2, -0.15) is 11.8 Å². The second-order valence-corrected chi connectivity index (χ2v) is 6.62. The molecule has 1 saturated heterocycles. The zero-order valence-corrected chi connectivity index (χ0v) is 11.5. The van der Waals surface area contributed by atoms with Gasteiger partial charge in [-0.3, -0.25) is 0 Å². The maximum Gasteiger partial charge on any atom is 0.123 e. The summed E-state index contributed by atoms with van der Waals surface area (Å²) in [5.74, 6) is 1.08. The van der Waals surface area contributed by atoms with Crippen molar-refractivity contribution in [3.8, 4) is 0 Å². The highest BCUT2D eigenvalue weighted by atomic mass is 32.2. The number of rotatable bonds is 3. The zero-order chi connectivity index (χ0) is 12.5. The van der Waals surface area contributed by atoms with Crippen molar-refractivity contribution in [1.29, 1.82) is 0 Å². The summed E-state index contributed by atoms with van der Waals surface area (Å²) in [6.45, 7) is 4.31. The first-order chi connectivity index (χ1) is 8.07. The molecule has 0 radical (unpaired) electrons. The Bertz CT molecular complexity index is 399. The maximum atomic E-state index is 13.2. The molecule has 2 atom stereocenters. The molecule has 0 saturated carbocycles. The fraction of sp³-hybridized carbons (Fsp3) is 0.571. The van der Waals surface area contributed by atoms with Crippen molar-refractivity contribution in [2.24, 2.45) is 0 Å². The summed E-state index contributed by atoms with van der Waals surface area (Å²) >= 11 is 2.03. The van der Waals surface area contributed by atoms with Crippen molar-refractivity contribution >= 4 is 11.8 Å². The minimum atomic E-state index is -0.148. The van der Waals surface area contributed by atoms with E-state index in [2.05, 4.69) is 12.2 Å². The first-order valence-electron chi connectivity index (χ1n) is 6.14. The first-order valence-corrected chi connectivity index (χ1v) is 7.12. The molecule has 1 aromatic rings. The van der Waals surface area contributed by atoms with E-state index in [1.54, 1.807) is 12.1 Å². The lowest BCUT2D eigenvalue weighted by atomic mass is 9.88. The van der Waals surface area contributed by atoms with Crippen LogP contribution in [0, 0.1) is 12.7 Å². The predicted octanol–water partition coefficient (Wildman–Crippen LogP) is 3.68. The maximum absolute atomic E-state index is 13.2. The molecule has 1 N–H and O–H groups in total. The van der Waals surface area contributed by atoms with E-state index >= 15 is 0 Å². The van der Waals surface area contributed by atoms with Crippen LogP contribution in [0.25, 0.3) is 0 Å². The van der Waals surface area contributed by atoms with Gasteiger partial charge in [-0.05, 0) is 62.7 Å². The van der Waals surface area contributed by atoms with Crippen LogP contribution in [0.5, 0.6) is 0 Å². The van der Waals surface area contributed by atoms with Gasteiger partial charge in [0.25, 0.3) is 0 Å². The fourth-order valence-electron chi connectivity index (χ4n) is 2.78. The molecule has 2 rings (SSSR count). The summed E-state index contributed by atoms with van der Waals surface area (Å²) in [6, 6.07) is 5.42. The molecule has 1 heterocycles. The fourth-order valence-corrected chi connectivity index (χ4v) is 4.24. The zero-order valence-electron chi connectivity index (χ0n) is 10.7. The molecule has 94 valence electrons. The van der Waals surface area contributed by atoms with Crippen molar-refractivity contribution in [1.82, 2.24) is 5.32 Å². The van der Waals surface area contributed by atoms with Crippen molar-refractivity contribution in [2.45, 2.75) is 37.5 Å². The van der Waals surface area contributed by atoms with E-state index in [9.17, 15) is 4.39 Å².